The van der Waals surface area contributed by atoms with E-state index in [1.54, 1.807) is 6.20 Å². The fourth-order valence-corrected chi connectivity index (χ4v) is 5.21. The van der Waals surface area contributed by atoms with E-state index in [1.807, 2.05) is 18.4 Å². The highest BCUT2D eigenvalue weighted by atomic mass is 32.1. The first-order chi connectivity index (χ1) is 14.6. The van der Waals surface area contributed by atoms with Gasteiger partial charge < -0.3 is 19.9 Å². The van der Waals surface area contributed by atoms with Crippen molar-refractivity contribution < 1.29 is 9.53 Å². The number of morpholine rings is 1. The third-order valence-corrected chi connectivity index (χ3v) is 6.85. The molecule has 0 spiro atoms. The van der Waals surface area contributed by atoms with Crippen LogP contribution in [0.3, 0.4) is 0 Å². The molecule has 2 aliphatic rings. The van der Waals surface area contributed by atoms with Crippen molar-refractivity contribution in [3.8, 4) is 0 Å². The standard InChI is InChI=1S/C22H30N4O3S/c1-15-13-18(26-8-10-29-11-9-26)19(21(28)24-15)17(14-16-5-3-2-4-6-16)20(27)25-22-23-7-12-30-22/h7,12-13,16-17H,2-6,8-11,14H2,1H3,(H,24,28)(H,23,25,27). The first kappa shape index (κ1) is 21.1. The molecule has 7 nitrogen and oxygen atoms in total. The molecule has 0 radical (unpaired) electrons. The summed E-state index contributed by atoms with van der Waals surface area (Å²) in [4.78, 5) is 35.9. The van der Waals surface area contributed by atoms with Crippen LogP contribution in [-0.4, -0.2) is 42.2 Å². The minimum atomic E-state index is -0.501. The van der Waals surface area contributed by atoms with Gasteiger partial charge in [0.15, 0.2) is 5.13 Å². The molecule has 8 heteroatoms. The van der Waals surface area contributed by atoms with Gasteiger partial charge >= 0.3 is 0 Å². The third-order valence-electron chi connectivity index (χ3n) is 6.16. The first-order valence-corrected chi connectivity index (χ1v) is 11.8. The van der Waals surface area contributed by atoms with E-state index in [0.29, 0.717) is 36.2 Å². The summed E-state index contributed by atoms with van der Waals surface area (Å²) < 4.78 is 5.51. The molecule has 3 heterocycles. The lowest BCUT2D eigenvalue weighted by atomic mass is 9.80. The van der Waals surface area contributed by atoms with E-state index in [-0.39, 0.29) is 11.5 Å². The number of nitrogens with zero attached hydrogens (tertiary/aromatic N) is 2. The molecular weight excluding hydrogens is 400 g/mol. The smallest absolute Gasteiger partial charge is 0.254 e. The molecule has 1 saturated heterocycles. The van der Waals surface area contributed by atoms with Gasteiger partial charge in [0.2, 0.25) is 5.91 Å². The van der Waals surface area contributed by atoms with Crippen molar-refractivity contribution in [2.45, 2.75) is 51.4 Å². The minimum absolute atomic E-state index is 0.139. The number of aryl methyl sites for hydroxylation is 1. The van der Waals surface area contributed by atoms with Crippen molar-refractivity contribution in [3.63, 3.8) is 0 Å². The van der Waals surface area contributed by atoms with Gasteiger partial charge in [-0.25, -0.2) is 4.98 Å². The first-order valence-electron chi connectivity index (χ1n) is 10.9. The maximum absolute atomic E-state index is 13.4. The number of nitrogens with one attached hydrogen (secondary N) is 2. The average molecular weight is 431 g/mol. The predicted molar refractivity (Wildman–Crippen MR) is 120 cm³/mol. The summed E-state index contributed by atoms with van der Waals surface area (Å²) in [6, 6.07) is 2.01. The highest BCUT2D eigenvalue weighted by molar-refractivity contribution is 7.13. The summed E-state index contributed by atoms with van der Waals surface area (Å²) in [5.74, 6) is -0.178. The molecule has 2 fully saturated rings. The maximum atomic E-state index is 13.4. The van der Waals surface area contributed by atoms with E-state index < -0.39 is 5.92 Å². The van der Waals surface area contributed by atoms with Crippen LogP contribution in [0.4, 0.5) is 10.8 Å². The normalized spacial score (nSPS) is 18.9. The number of pyridine rings is 1. The number of amides is 1. The predicted octanol–water partition coefficient (Wildman–Crippen LogP) is 3.67. The summed E-state index contributed by atoms with van der Waals surface area (Å²) in [6.07, 6.45) is 8.28. The topological polar surface area (TPSA) is 87.3 Å². The van der Waals surface area contributed by atoms with E-state index in [9.17, 15) is 9.59 Å². The third kappa shape index (κ3) is 4.92. The zero-order valence-electron chi connectivity index (χ0n) is 17.5. The lowest BCUT2D eigenvalue weighted by Crippen LogP contribution is -2.39. The molecule has 2 aromatic rings. The number of hydrogen-bond acceptors (Lipinski definition) is 6. The van der Waals surface area contributed by atoms with Crippen LogP contribution in [0.15, 0.2) is 22.4 Å². The average Bonchev–Trinajstić information content (AvgIpc) is 3.26. The summed E-state index contributed by atoms with van der Waals surface area (Å²) >= 11 is 1.39. The number of carbonyl (C=O) groups excluding carboxylic acids is 1. The Bertz CT molecular complexity index is 900. The molecule has 1 unspecified atom stereocenters. The number of ether oxygens (including phenoxy) is 1. The Kier molecular flexibility index (Phi) is 6.84. The van der Waals surface area contributed by atoms with Gasteiger partial charge in [-0.3, -0.25) is 9.59 Å². The fraction of sp³-hybridized carbons (Fsp3) is 0.591. The van der Waals surface area contributed by atoms with Crippen LogP contribution in [0.1, 0.15) is 55.7 Å². The van der Waals surface area contributed by atoms with Gasteiger partial charge in [-0.05, 0) is 25.3 Å². The lowest BCUT2D eigenvalue weighted by molar-refractivity contribution is -0.118. The van der Waals surface area contributed by atoms with E-state index in [2.05, 4.69) is 20.2 Å². The minimum Gasteiger partial charge on any atom is -0.378 e. The number of thiazole rings is 1. The van der Waals surface area contributed by atoms with Gasteiger partial charge in [0.25, 0.3) is 5.56 Å². The molecule has 2 aromatic heterocycles. The Labute approximate surface area is 180 Å². The molecular formula is C22H30N4O3S. The SMILES string of the molecule is Cc1cc(N2CCOCC2)c(C(CC2CCCCC2)C(=O)Nc2nccs2)c(=O)[nH]1. The van der Waals surface area contributed by atoms with Crippen molar-refractivity contribution >= 4 is 28.1 Å². The number of H-pyrrole nitrogens is 1. The van der Waals surface area contributed by atoms with Gasteiger partial charge in [0.1, 0.15) is 0 Å². The molecule has 1 atom stereocenters. The Morgan fingerprint density at radius 2 is 2.10 bits per heavy atom. The lowest BCUT2D eigenvalue weighted by Gasteiger charge is -2.33. The molecule has 4 rings (SSSR count). The Morgan fingerprint density at radius 3 is 2.80 bits per heavy atom. The molecule has 1 aliphatic carbocycles. The molecule has 0 bridgehead atoms. The maximum Gasteiger partial charge on any atom is 0.254 e. The number of hydrogen-bond donors (Lipinski definition) is 2. The number of aromatic nitrogens is 2. The van der Waals surface area contributed by atoms with Crippen LogP contribution in [0.2, 0.25) is 0 Å². The van der Waals surface area contributed by atoms with Crippen LogP contribution in [-0.2, 0) is 9.53 Å². The molecule has 1 saturated carbocycles. The molecule has 162 valence electrons. The van der Waals surface area contributed by atoms with Gasteiger partial charge in [0.05, 0.1) is 24.7 Å². The Morgan fingerprint density at radius 1 is 1.33 bits per heavy atom. The zero-order valence-corrected chi connectivity index (χ0v) is 18.3. The molecule has 1 aliphatic heterocycles. The Balaban J connectivity index is 1.71. The van der Waals surface area contributed by atoms with Crippen LogP contribution >= 0.6 is 11.3 Å². The number of rotatable bonds is 6. The second-order valence-corrected chi connectivity index (χ2v) is 9.19. The van der Waals surface area contributed by atoms with Crippen LogP contribution in [0, 0.1) is 12.8 Å². The van der Waals surface area contributed by atoms with Crippen LogP contribution in [0.25, 0.3) is 0 Å². The van der Waals surface area contributed by atoms with Crippen LogP contribution in [0.5, 0.6) is 0 Å². The van der Waals surface area contributed by atoms with E-state index in [4.69, 9.17) is 4.74 Å². The Hall–Kier alpha value is -2.19. The van der Waals surface area contributed by atoms with E-state index >= 15 is 0 Å². The van der Waals surface area contributed by atoms with Gasteiger partial charge in [-0.1, -0.05) is 32.1 Å². The van der Waals surface area contributed by atoms with E-state index in [0.717, 1.165) is 37.3 Å². The molecule has 2 N–H and O–H groups in total. The monoisotopic (exact) mass is 430 g/mol. The fourth-order valence-electron chi connectivity index (χ4n) is 4.67. The molecule has 30 heavy (non-hydrogen) atoms. The summed E-state index contributed by atoms with van der Waals surface area (Å²) in [5, 5.41) is 5.37. The number of aromatic amines is 1. The van der Waals surface area contributed by atoms with Crippen molar-refractivity contribution in [1.82, 2.24) is 9.97 Å². The second-order valence-electron chi connectivity index (χ2n) is 8.30. The summed E-state index contributed by atoms with van der Waals surface area (Å²) in [6.45, 7) is 4.59. The number of carbonyl (C=O) groups is 1. The largest absolute Gasteiger partial charge is 0.378 e. The zero-order chi connectivity index (χ0) is 20.9. The molecule has 1 amide bonds. The number of anilines is 2. The van der Waals surface area contributed by atoms with Crippen LogP contribution < -0.4 is 15.8 Å². The van der Waals surface area contributed by atoms with Crippen molar-refractivity contribution in [3.05, 3.63) is 39.3 Å². The second kappa shape index (κ2) is 9.75. The highest BCUT2D eigenvalue weighted by Gasteiger charge is 2.32. The summed E-state index contributed by atoms with van der Waals surface area (Å²) in [5.41, 5.74) is 2.10. The quantitative estimate of drug-likeness (QED) is 0.730. The van der Waals surface area contributed by atoms with Crippen molar-refractivity contribution in [1.29, 1.82) is 0 Å². The van der Waals surface area contributed by atoms with Gasteiger partial charge in [-0.15, -0.1) is 11.3 Å². The van der Waals surface area contributed by atoms with Gasteiger partial charge in [-0.2, -0.15) is 0 Å². The van der Waals surface area contributed by atoms with Crippen molar-refractivity contribution in [2.75, 3.05) is 36.5 Å². The highest BCUT2D eigenvalue weighted by Crippen LogP contribution is 2.36. The molecule has 0 aromatic carbocycles. The summed E-state index contributed by atoms with van der Waals surface area (Å²) in [7, 11) is 0. The van der Waals surface area contributed by atoms with Crippen molar-refractivity contribution in [2.24, 2.45) is 5.92 Å². The van der Waals surface area contributed by atoms with E-state index in [1.165, 1.54) is 30.6 Å². The van der Waals surface area contributed by atoms with Gasteiger partial charge in [0, 0.05) is 36.0 Å².